The van der Waals surface area contributed by atoms with Crippen LogP contribution < -0.4 is 4.74 Å². The van der Waals surface area contributed by atoms with Gasteiger partial charge in [-0.25, -0.2) is 8.78 Å². The summed E-state index contributed by atoms with van der Waals surface area (Å²) in [6.45, 7) is 3.79. The minimum atomic E-state index is -6.14. The molecule has 0 amide bonds. The van der Waals surface area contributed by atoms with Gasteiger partial charge in [-0.1, -0.05) is 51.0 Å². The fourth-order valence-corrected chi connectivity index (χ4v) is 4.93. The summed E-state index contributed by atoms with van der Waals surface area (Å²) in [6, 6.07) is 5.72. The summed E-state index contributed by atoms with van der Waals surface area (Å²) < 4.78 is 120. The SMILES string of the molecule is CCCC1CCC(c2ccc(C(Oc3ccc(CC)cc3)(C(F)(F)F)C(F)(F)F)c(F)c2F)CC1. The molecule has 194 valence electrons. The van der Waals surface area contributed by atoms with E-state index in [0.29, 0.717) is 36.8 Å². The number of hydrogen-bond acceptors (Lipinski definition) is 1. The van der Waals surface area contributed by atoms with Crippen LogP contribution in [-0.2, 0) is 12.0 Å². The Balaban J connectivity index is 2.07. The van der Waals surface area contributed by atoms with Gasteiger partial charge in [0.05, 0.1) is 5.56 Å². The minimum Gasteiger partial charge on any atom is -0.464 e. The van der Waals surface area contributed by atoms with E-state index in [0.717, 1.165) is 43.9 Å². The van der Waals surface area contributed by atoms with Crippen molar-refractivity contribution in [2.45, 2.75) is 82.7 Å². The van der Waals surface area contributed by atoms with Gasteiger partial charge in [0.2, 0.25) is 0 Å². The molecule has 0 aromatic heterocycles. The van der Waals surface area contributed by atoms with Gasteiger partial charge in [-0.2, -0.15) is 26.3 Å². The lowest BCUT2D eigenvalue weighted by Crippen LogP contribution is -2.58. The first-order chi connectivity index (χ1) is 16.4. The van der Waals surface area contributed by atoms with E-state index in [2.05, 4.69) is 4.74 Å². The smallest absolute Gasteiger partial charge is 0.442 e. The van der Waals surface area contributed by atoms with Crippen LogP contribution in [0.3, 0.4) is 0 Å². The van der Waals surface area contributed by atoms with E-state index < -0.39 is 46.8 Å². The molecule has 2 aromatic carbocycles. The molecule has 0 radical (unpaired) electrons. The molecule has 2 aromatic rings. The maximum absolute atomic E-state index is 15.1. The Bertz CT molecular complexity index is 972. The molecule has 1 nitrogen and oxygen atoms in total. The number of aryl methyl sites for hydroxylation is 1. The van der Waals surface area contributed by atoms with Gasteiger partial charge in [-0.3, -0.25) is 0 Å². The summed E-state index contributed by atoms with van der Waals surface area (Å²) in [5.41, 5.74) is -6.59. The van der Waals surface area contributed by atoms with Crippen molar-refractivity contribution in [1.82, 2.24) is 0 Å². The molecule has 35 heavy (non-hydrogen) atoms. The average Bonchev–Trinajstić information content (AvgIpc) is 2.79. The van der Waals surface area contributed by atoms with Crippen LogP contribution in [0.1, 0.15) is 75.0 Å². The van der Waals surface area contributed by atoms with Gasteiger partial charge in [0.1, 0.15) is 5.75 Å². The van der Waals surface area contributed by atoms with Crippen LogP contribution >= 0.6 is 0 Å². The molecule has 0 bridgehead atoms. The highest BCUT2D eigenvalue weighted by atomic mass is 19.4. The topological polar surface area (TPSA) is 9.23 Å². The summed E-state index contributed by atoms with van der Waals surface area (Å²) in [5, 5.41) is 0. The van der Waals surface area contributed by atoms with E-state index in [-0.39, 0.29) is 5.56 Å². The third kappa shape index (κ3) is 5.28. The van der Waals surface area contributed by atoms with E-state index in [1.165, 1.54) is 12.1 Å². The highest BCUT2D eigenvalue weighted by Gasteiger charge is 2.76. The Morgan fingerprint density at radius 3 is 1.83 bits per heavy atom. The molecule has 0 heterocycles. The van der Waals surface area contributed by atoms with E-state index in [4.69, 9.17) is 0 Å². The Kier molecular flexibility index (Phi) is 8.06. The van der Waals surface area contributed by atoms with Crippen molar-refractivity contribution in [3.05, 3.63) is 64.7 Å². The highest BCUT2D eigenvalue weighted by molar-refractivity contribution is 5.38. The van der Waals surface area contributed by atoms with Gasteiger partial charge in [-0.05, 0) is 67.2 Å². The molecule has 0 spiro atoms. The second-order valence-electron chi connectivity index (χ2n) is 9.11. The van der Waals surface area contributed by atoms with Gasteiger partial charge in [-0.15, -0.1) is 0 Å². The van der Waals surface area contributed by atoms with Crippen molar-refractivity contribution in [1.29, 1.82) is 0 Å². The fourth-order valence-electron chi connectivity index (χ4n) is 4.93. The zero-order valence-corrected chi connectivity index (χ0v) is 19.5. The number of alkyl halides is 6. The summed E-state index contributed by atoms with van der Waals surface area (Å²) >= 11 is 0. The number of halogens is 8. The Morgan fingerprint density at radius 1 is 0.771 bits per heavy atom. The monoisotopic (exact) mass is 508 g/mol. The molecule has 0 aliphatic heterocycles. The van der Waals surface area contributed by atoms with E-state index in [1.807, 2.05) is 6.92 Å². The van der Waals surface area contributed by atoms with E-state index in [1.54, 1.807) is 6.92 Å². The molecule has 1 aliphatic rings. The molecule has 1 aliphatic carbocycles. The van der Waals surface area contributed by atoms with Crippen LogP contribution in [0.2, 0.25) is 0 Å². The quantitative estimate of drug-likeness (QED) is 0.339. The van der Waals surface area contributed by atoms with Crippen LogP contribution in [-0.4, -0.2) is 12.4 Å². The van der Waals surface area contributed by atoms with Crippen molar-refractivity contribution in [2.75, 3.05) is 0 Å². The van der Waals surface area contributed by atoms with Gasteiger partial charge in [0.25, 0.3) is 0 Å². The fraction of sp³-hybridized carbons (Fsp3) is 0.538. The number of ether oxygens (including phenoxy) is 1. The van der Waals surface area contributed by atoms with Crippen LogP contribution in [0.25, 0.3) is 0 Å². The zero-order valence-electron chi connectivity index (χ0n) is 19.5. The average molecular weight is 508 g/mol. The maximum atomic E-state index is 15.1. The zero-order chi connectivity index (χ0) is 26.0. The third-order valence-electron chi connectivity index (χ3n) is 6.88. The van der Waals surface area contributed by atoms with E-state index in [9.17, 15) is 26.3 Å². The summed E-state index contributed by atoms with van der Waals surface area (Å²) in [5.74, 6) is -4.70. The second-order valence-corrected chi connectivity index (χ2v) is 9.11. The summed E-state index contributed by atoms with van der Waals surface area (Å²) in [6.07, 6.45) is -7.35. The molecule has 1 saturated carbocycles. The van der Waals surface area contributed by atoms with Gasteiger partial charge in [0, 0.05) is 0 Å². The minimum absolute atomic E-state index is 0.202. The molecule has 0 N–H and O–H groups in total. The predicted molar refractivity (Wildman–Crippen MR) is 116 cm³/mol. The maximum Gasteiger partial charge on any atom is 0.442 e. The summed E-state index contributed by atoms with van der Waals surface area (Å²) in [7, 11) is 0. The van der Waals surface area contributed by atoms with Crippen molar-refractivity contribution >= 4 is 0 Å². The van der Waals surface area contributed by atoms with Crippen molar-refractivity contribution in [2.24, 2.45) is 5.92 Å². The van der Waals surface area contributed by atoms with E-state index >= 15 is 8.78 Å². The molecular formula is C26H28F8O. The van der Waals surface area contributed by atoms with Crippen LogP contribution in [0.4, 0.5) is 35.1 Å². The van der Waals surface area contributed by atoms with Gasteiger partial charge >= 0.3 is 18.0 Å². The lowest BCUT2D eigenvalue weighted by molar-refractivity contribution is -0.366. The normalized spacial score (nSPS) is 19.6. The van der Waals surface area contributed by atoms with Crippen molar-refractivity contribution in [3.63, 3.8) is 0 Å². The first-order valence-electron chi connectivity index (χ1n) is 11.7. The number of benzene rings is 2. The predicted octanol–water partition coefficient (Wildman–Crippen LogP) is 9.00. The lowest BCUT2D eigenvalue weighted by Gasteiger charge is -2.38. The Hall–Kier alpha value is -2.32. The van der Waals surface area contributed by atoms with Crippen LogP contribution in [0.5, 0.6) is 5.75 Å². The van der Waals surface area contributed by atoms with Crippen LogP contribution in [0, 0.1) is 17.6 Å². The lowest BCUT2D eigenvalue weighted by atomic mass is 9.76. The molecule has 0 unspecified atom stereocenters. The largest absolute Gasteiger partial charge is 0.464 e. The highest BCUT2D eigenvalue weighted by Crippen LogP contribution is 2.54. The number of rotatable bonds is 7. The van der Waals surface area contributed by atoms with Crippen LogP contribution in [0.15, 0.2) is 36.4 Å². The molecule has 3 rings (SSSR count). The standard InChI is InChI=1S/C26H28F8O/c1-3-5-17-6-10-18(11-7-17)20-14-15-21(23(28)22(20)27)24(25(29,30)31,26(32,33)34)35-19-12-8-16(4-2)9-13-19/h8-9,12-15,17-18H,3-7,10-11H2,1-2H3. The Labute approximate surface area is 199 Å². The molecular weight excluding hydrogens is 480 g/mol. The summed E-state index contributed by atoms with van der Waals surface area (Å²) in [4.78, 5) is 0. The molecule has 9 heteroatoms. The van der Waals surface area contributed by atoms with Gasteiger partial charge < -0.3 is 4.74 Å². The second kappa shape index (κ2) is 10.3. The van der Waals surface area contributed by atoms with Gasteiger partial charge in [0.15, 0.2) is 11.6 Å². The third-order valence-corrected chi connectivity index (χ3v) is 6.88. The Morgan fingerprint density at radius 2 is 1.34 bits per heavy atom. The molecule has 1 fully saturated rings. The first-order valence-corrected chi connectivity index (χ1v) is 11.7. The molecule has 0 atom stereocenters. The first kappa shape index (κ1) is 27.3. The number of hydrogen-bond donors (Lipinski definition) is 0. The van der Waals surface area contributed by atoms with Crippen molar-refractivity contribution in [3.8, 4) is 5.75 Å². The van der Waals surface area contributed by atoms with Crippen molar-refractivity contribution < 1.29 is 39.9 Å². The molecule has 0 saturated heterocycles.